The molecule has 0 atom stereocenters. The molecule has 3 heteroatoms. The van der Waals surface area contributed by atoms with Gasteiger partial charge in [0, 0.05) is 11.3 Å². The van der Waals surface area contributed by atoms with Gasteiger partial charge in [0.1, 0.15) is 10.7 Å². The lowest BCUT2D eigenvalue weighted by Gasteiger charge is -2.11. The van der Waals surface area contributed by atoms with Gasteiger partial charge in [0.15, 0.2) is 0 Å². The second-order valence-electron chi connectivity index (χ2n) is 4.49. The zero-order valence-electron chi connectivity index (χ0n) is 9.86. The molecule has 88 valence electrons. The van der Waals surface area contributed by atoms with Crippen LogP contribution in [-0.4, -0.2) is 4.98 Å². The summed E-state index contributed by atoms with van der Waals surface area (Å²) in [7, 11) is 0. The van der Waals surface area contributed by atoms with E-state index in [9.17, 15) is 5.26 Å². The lowest BCUT2D eigenvalue weighted by atomic mass is 9.95. The van der Waals surface area contributed by atoms with Gasteiger partial charge in [0.05, 0.1) is 5.56 Å². The number of benzene rings is 1. The van der Waals surface area contributed by atoms with Crippen LogP contribution in [0.2, 0.25) is 0 Å². The molecular formula is C15H12N2S. The zero-order chi connectivity index (χ0) is 12.5. The van der Waals surface area contributed by atoms with E-state index in [2.05, 4.69) is 11.1 Å². The molecule has 1 aromatic heterocycles. The SMILES string of the molecule is N#Cc1c(-c2ccccc2)c2c([nH]c1=S)CCC2. The lowest BCUT2D eigenvalue weighted by molar-refractivity contribution is 0.899. The van der Waals surface area contributed by atoms with Crippen LogP contribution in [0.3, 0.4) is 0 Å². The minimum atomic E-state index is 0.567. The molecule has 1 heterocycles. The standard InChI is InChI=1S/C15H12N2S/c16-9-12-14(10-5-2-1-3-6-10)11-7-4-8-13(11)17-15(12)18/h1-3,5-6H,4,7-8H2,(H,17,18). The van der Waals surface area contributed by atoms with Gasteiger partial charge >= 0.3 is 0 Å². The molecule has 1 N–H and O–H groups in total. The number of H-pyrrole nitrogens is 1. The summed E-state index contributed by atoms with van der Waals surface area (Å²) in [6, 6.07) is 12.3. The van der Waals surface area contributed by atoms with Crippen LogP contribution < -0.4 is 0 Å². The molecule has 0 spiro atoms. The van der Waals surface area contributed by atoms with Crippen LogP contribution in [0.1, 0.15) is 23.2 Å². The van der Waals surface area contributed by atoms with E-state index in [0.717, 1.165) is 30.4 Å². The van der Waals surface area contributed by atoms with Crippen molar-refractivity contribution in [2.75, 3.05) is 0 Å². The van der Waals surface area contributed by atoms with Crippen LogP contribution >= 0.6 is 12.2 Å². The molecule has 0 bridgehead atoms. The Balaban J connectivity index is 2.38. The van der Waals surface area contributed by atoms with Crippen LogP contribution in [0, 0.1) is 16.0 Å². The van der Waals surface area contributed by atoms with Crippen molar-refractivity contribution in [3.05, 3.63) is 51.8 Å². The van der Waals surface area contributed by atoms with Crippen molar-refractivity contribution >= 4 is 12.2 Å². The maximum Gasteiger partial charge on any atom is 0.122 e. The number of nitrogens with one attached hydrogen (secondary N) is 1. The summed E-state index contributed by atoms with van der Waals surface area (Å²) < 4.78 is 0.567. The predicted octanol–water partition coefficient (Wildman–Crippen LogP) is 3.77. The molecule has 0 saturated heterocycles. The summed E-state index contributed by atoms with van der Waals surface area (Å²) >= 11 is 5.30. The Bertz CT molecular complexity index is 693. The third kappa shape index (κ3) is 1.66. The molecular weight excluding hydrogens is 240 g/mol. The van der Waals surface area contributed by atoms with Gasteiger partial charge in [-0.1, -0.05) is 42.5 Å². The Hall–Kier alpha value is -1.92. The molecule has 0 aliphatic heterocycles. The van der Waals surface area contributed by atoms with Crippen molar-refractivity contribution in [3.63, 3.8) is 0 Å². The second-order valence-corrected chi connectivity index (χ2v) is 4.90. The van der Waals surface area contributed by atoms with Crippen LogP contribution in [0.25, 0.3) is 11.1 Å². The van der Waals surface area contributed by atoms with Crippen molar-refractivity contribution < 1.29 is 0 Å². The van der Waals surface area contributed by atoms with Gasteiger partial charge in [-0.3, -0.25) is 0 Å². The molecule has 0 unspecified atom stereocenters. The molecule has 1 aliphatic rings. The minimum Gasteiger partial charge on any atom is -0.349 e. The van der Waals surface area contributed by atoms with E-state index in [4.69, 9.17) is 12.2 Å². The highest BCUT2D eigenvalue weighted by molar-refractivity contribution is 7.71. The number of fused-ring (bicyclic) bond motifs is 1. The third-order valence-electron chi connectivity index (χ3n) is 3.44. The average molecular weight is 252 g/mol. The fourth-order valence-electron chi connectivity index (χ4n) is 2.65. The molecule has 0 saturated carbocycles. The van der Waals surface area contributed by atoms with E-state index in [0.29, 0.717) is 10.2 Å². The summed E-state index contributed by atoms with van der Waals surface area (Å²) in [6.45, 7) is 0. The van der Waals surface area contributed by atoms with E-state index < -0.39 is 0 Å². The topological polar surface area (TPSA) is 39.6 Å². The van der Waals surface area contributed by atoms with Crippen LogP contribution in [0.5, 0.6) is 0 Å². The number of hydrogen-bond donors (Lipinski definition) is 1. The second kappa shape index (κ2) is 4.40. The number of aryl methyl sites for hydroxylation is 1. The first kappa shape index (κ1) is 11.2. The fourth-order valence-corrected chi connectivity index (χ4v) is 2.92. The van der Waals surface area contributed by atoms with Crippen molar-refractivity contribution in [1.82, 2.24) is 4.98 Å². The van der Waals surface area contributed by atoms with Gasteiger partial charge in [-0.05, 0) is 30.4 Å². The summed E-state index contributed by atoms with van der Waals surface area (Å²) in [5, 5.41) is 9.36. The van der Waals surface area contributed by atoms with E-state index in [1.54, 1.807) is 0 Å². The van der Waals surface area contributed by atoms with Gasteiger partial charge < -0.3 is 4.98 Å². The maximum atomic E-state index is 9.36. The largest absolute Gasteiger partial charge is 0.349 e. The first-order chi connectivity index (χ1) is 8.81. The van der Waals surface area contributed by atoms with Crippen LogP contribution in [0.15, 0.2) is 30.3 Å². The van der Waals surface area contributed by atoms with E-state index >= 15 is 0 Å². The van der Waals surface area contributed by atoms with Gasteiger partial charge in [0.2, 0.25) is 0 Å². The molecule has 18 heavy (non-hydrogen) atoms. The highest BCUT2D eigenvalue weighted by atomic mass is 32.1. The number of pyridine rings is 1. The van der Waals surface area contributed by atoms with Gasteiger partial charge in [0.25, 0.3) is 0 Å². The number of nitrogens with zero attached hydrogens (tertiary/aromatic N) is 1. The number of rotatable bonds is 1. The molecule has 1 aliphatic carbocycles. The Labute approximate surface area is 111 Å². The quantitative estimate of drug-likeness (QED) is 0.785. The van der Waals surface area contributed by atoms with Crippen molar-refractivity contribution in [1.29, 1.82) is 5.26 Å². The molecule has 0 fully saturated rings. The van der Waals surface area contributed by atoms with Crippen molar-refractivity contribution in [2.24, 2.45) is 0 Å². The molecule has 2 nitrogen and oxygen atoms in total. The van der Waals surface area contributed by atoms with Gasteiger partial charge in [-0.2, -0.15) is 5.26 Å². The normalized spacial score (nSPS) is 13.1. The Kier molecular flexibility index (Phi) is 2.73. The average Bonchev–Trinajstić information content (AvgIpc) is 2.85. The Morgan fingerprint density at radius 1 is 1.17 bits per heavy atom. The maximum absolute atomic E-state index is 9.36. The summed E-state index contributed by atoms with van der Waals surface area (Å²) in [4.78, 5) is 3.21. The molecule has 1 aromatic carbocycles. The van der Waals surface area contributed by atoms with Gasteiger partial charge in [-0.25, -0.2) is 0 Å². The van der Waals surface area contributed by atoms with E-state index in [1.807, 2.05) is 30.3 Å². The lowest BCUT2D eigenvalue weighted by Crippen LogP contribution is -1.98. The zero-order valence-corrected chi connectivity index (χ0v) is 10.7. The van der Waals surface area contributed by atoms with Gasteiger partial charge in [-0.15, -0.1) is 0 Å². The smallest absolute Gasteiger partial charge is 0.122 e. The fraction of sp³-hybridized carbons (Fsp3) is 0.200. The third-order valence-corrected chi connectivity index (χ3v) is 3.74. The molecule has 0 amide bonds. The van der Waals surface area contributed by atoms with Crippen LogP contribution in [-0.2, 0) is 12.8 Å². The molecule has 3 rings (SSSR count). The number of aromatic amines is 1. The Morgan fingerprint density at radius 3 is 2.67 bits per heavy atom. The van der Waals surface area contributed by atoms with E-state index in [1.165, 1.54) is 11.3 Å². The first-order valence-electron chi connectivity index (χ1n) is 6.05. The Morgan fingerprint density at radius 2 is 1.94 bits per heavy atom. The molecule has 0 radical (unpaired) electrons. The predicted molar refractivity (Wildman–Crippen MR) is 73.8 cm³/mol. The summed E-state index contributed by atoms with van der Waals surface area (Å²) in [5.74, 6) is 0. The molecule has 2 aromatic rings. The monoisotopic (exact) mass is 252 g/mol. The van der Waals surface area contributed by atoms with Crippen molar-refractivity contribution in [3.8, 4) is 17.2 Å². The highest BCUT2D eigenvalue weighted by Gasteiger charge is 2.20. The van der Waals surface area contributed by atoms with Crippen LogP contribution in [0.4, 0.5) is 0 Å². The van der Waals surface area contributed by atoms with E-state index in [-0.39, 0.29) is 0 Å². The highest BCUT2D eigenvalue weighted by Crippen LogP contribution is 2.34. The number of nitriles is 1. The number of hydrogen-bond acceptors (Lipinski definition) is 2. The minimum absolute atomic E-state index is 0.567. The summed E-state index contributed by atoms with van der Waals surface area (Å²) in [6.07, 6.45) is 3.19. The summed E-state index contributed by atoms with van der Waals surface area (Å²) in [5.41, 5.74) is 5.21. The van der Waals surface area contributed by atoms with Crippen molar-refractivity contribution in [2.45, 2.75) is 19.3 Å². The number of aromatic nitrogens is 1. The first-order valence-corrected chi connectivity index (χ1v) is 6.45.